The summed E-state index contributed by atoms with van der Waals surface area (Å²) in [5.41, 5.74) is 8.56. The Labute approximate surface area is 105 Å². The van der Waals surface area contributed by atoms with E-state index in [-0.39, 0.29) is 0 Å². The molecule has 1 fully saturated rings. The second-order valence-electron chi connectivity index (χ2n) is 5.62. The SMILES string of the molecule is CC(C)c1ccc(CNCC2CC(N)C2)cc1. The third-order valence-electron chi connectivity index (χ3n) is 3.68. The molecule has 3 N–H and O–H groups in total. The summed E-state index contributed by atoms with van der Waals surface area (Å²) in [5.74, 6) is 1.42. The highest BCUT2D eigenvalue weighted by atomic mass is 14.9. The number of hydrogen-bond acceptors (Lipinski definition) is 2. The minimum Gasteiger partial charge on any atom is -0.328 e. The van der Waals surface area contributed by atoms with Gasteiger partial charge in [-0.15, -0.1) is 0 Å². The van der Waals surface area contributed by atoms with Crippen LogP contribution in [0.2, 0.25) is 0 Å². The average molecular weight is 232 g/mol. The minimum atomic E-state index is 0.465. The van der Waals surface area contributed by atoms with E-state index in [1.54, 1.807) is 0 Å². The van der Waals surface area contributed by atoms with Gasteiger partial charge in [-0.1, -0.05) is 38.1 Å². The van der Waals surface area contributed by atoms with E-state index in [4.69, 9.17) is 5.73 Å². The predicted molar refractivity (Wildman–Crippen MR) is 72.9 cm³/mol. The van der Waals surface area contributed by atoms with Gasteiger partial charge >= 0.3 is 0 Å². The van der Waals surface area contributed by atoms with E-state index >= 15 is 0 Å². The van der Waals surface area contributed by atoms with Crippen LogP contribution in [0.15, 0.2) is 24.3 Å². The van der Waals surface area contributed by atoms with Crippen molar-refractivity contribution >= 4 is 0 Å². The lowest BCUT2D eigenvalue weighted by molar-refractivity contribution is 0.256. The van der Waals surface area contributed by atoms with Gasteiger partial charge in [0.1, 0.15) is 0 Å². The Morgan fingerprint density at radius 3 is 2.41 bits per heavy atom. The Morgan fingerprint density at radius 2 is 1.88 bits per heavy atom. The van der Waals surface area contributed by atoms with Gasteiger partial charge in [-0.05, 0) is 42.3 Å². The molecular formula is C15H24N2. The van der Waals surface area contributed by atoms with Crippen molar-refractivity contribution in [2.24, 2.45) is 11.7 Å². The summed E-state index contributed by atoms with van der Waals surface area (Å²) in [6.07, 6.45) is 2.39. The first-order valence-corrected chi connectivity index (χ1v) is 6.70. The Hall–Kier alpha value is -0.860. The summed E-state index contributed by atoms with van der Waals surface area (Å²) in [6.45, 7) is 6.55. The first kappa shape index (κ1) is 12.6. The van der Waals surface area contributed by atoms with Gasteiger partial charge in [0.05, 0.1) is 0 Å². The van der Waals surface area contributed by atoms with Crippen LogP contribution in [0, 0.1) is 5.92 Å². The van der Waals surface area contributed by atoms with Crippen molar-refractivity contribution < 1.29 is 0 Å². The smallest absolute Gasteiger partial charge is 0.0205 e. The molecule has 1 aromatic carbocycles. The fraction of sp³-hybridized carbons (Fsp3) is 0.600. The van der Waals surface area contributed by atoms with Gasteiger partial charge in [0.25, 0.3) is 0 Å². The Morgan fingerprint density at radius 1 is 1.24 bits per heavy atom. The molecule has 1 saturated carbocycles. The molecule has 0 aliphatic heterocycles. The summed E-state index contributed by atoms with van der Waals surface area (Å²) in [5, 5.41) is 3.52. The molecular weight excluding hydrogens is 208 g/mol. The molecule has 1 aliphatic carbocycles. The van der Waals surface area contributed by atoms with Crippen LogP contribution in [0.4, 0.5) is 0 Å². The van der Waals surface area contributed by atoms with Crippen LogP contribution in [-0.2, 0) is 6.54 Å². The van der Waals surface area contributed by atoms with Crippen LogP contribution in [0.25, 0.3) is 0 Å². The summed E-state index contributed by atoms with van der Waals surface area (Å²) in [6, 6.07) is 9.40. The van der Waals surface area contributed by atoms with E-state index in [9.17, 15) is 0 Å². The van der Waals surface area contributed by atoms with E-state index < -0.39 is 0 Å². The predicted octanol–water partition coefficient (Wildman–Crippen LogP) is 2.64. The fourth-order valence-electron chi connectivity index (χ4n) is 2.39. The molecule has 0 heterocycles. The second-order valence-corrected chi connectivity index (χ2v) is 5.62. The molecule has 0 aromatic heterocycles. The van der Waals surface area contributed by atoms with E-state index in [1.165, 1.54) is 24.0 Å². The van der Waals surface area contributed by atoms with Gasteiger partial charge in [-0.3, -0.25) is 0 Å². The summed E-state index contributed by atoms with van der Waals surface area (Å²) < 4.78 is 0. The van der Waals surface area contributed by atoms with E-state index in [1.807, 2.05) is 0 Å². The highest BCUT2D eigenvalue weighted by molar-refractivity contribution is 5.24. The molecule has 17 heavy (non-hydrogen) atoms. The van der Waals surface area contributed by atoms with Crippen molar-refractivity contribution in [3.05, 3.63) is 35.4 Å². The molecule has 94 valence electrons. The molecule has 1 aromatic rings. The zero-order chi connectivity index (χ0) is 12.3. The van der Waals surface area contributed by atoms with Gasteiger partial charge in [0.2, 0.25) is 0 Å². The number of nitrogens with two attached hydrogens (primary N) is 1. The molecule has 2 rings (SSSR count). The highest BCUT2D eigenvalue weighted by Gasteiger charge is 2.24. The van der Waals surface area contributed by atoms with Crippen molar-refractivity contribution in [2.45, 2.75) is 45.2 Å². The first-order valence-electron chi connectivity index (χ1n) is 6.70. The highest BCUT2D eigenvalue weighted by Crippen LogP contribution is 2.24. The molecule has 0 radical (unpaired) electrons. The van der Waals surface area contributed by atoms with Crippen molar-refractivity contribution in [3.8, 4) is 0 Å². The lowest BCUT2D eigenvalue weighted by atomic mass is 9.81. The monoisotopic (exact) mass is 232 g/mol. The number of hydrogen-bond donors (Lipinski definition) is 2. The Balaban J connectivity index is 1.71. The fourth-order valence-corrected chi connectivity index (χ4v) is 2.39. The normalized spacial score (nSPS) is 23.8. The molecule has 2 nitrogen and oxygen atoms in total. The number of nitrogens with one attached hydrogen (secondary N) is 1. The lowest BCUT2D eigenvalue weighted by Gasteiger charge is -2.32. The molecule has 2 heteroatoms. The molecule has 0 spiro atoms. The van der Waals surface area contributed by atoms with Gasteiger partial charge in [0.15, 0.2) is 0 Å². The van der Waals surface area contributed by atoms with Crippen LogP contribution >= 0.6 is 0 Å². The number of rotatable bonds is 5. The van der Waals surface area contributed by atoms with Gasteiger partial charge in [-0.2, -0.15) is 0 Å². The zero-order valence-corrected chi connectivity index (χ0v) is 10.9. The van der Waals surface area contributed by atoms with Crippen LogP contribution in [0.3, 0.4) is 0 Å². The van der Waals surface area contributed by atoms with Crippen molar-refractivity contribution in [3.63, 3.8) is 0 Å². The third-order valence-corrected chi connectivity index (χ3v) is 3.68. The van der Waals surface area contributed by atoms with Crippen molar-refractivity contribution in [1.29, 1.82) is 0 Å². The van der Waals surface area contributed by atoms with Gasteiger partial charge in [-0.25, -0.2) is 0 Å². The van der Waals surface area contributed by atoms with E-state index in [2.05, 4.69) is 43.4 Å². The third kappa shape index (κ3) is 3.55. The standard InChI is InChI=1S/C15H24N2/c1-11(2)14-5-3-12(4-6-14)9-17-10-13-7-15(16)8-13/h3-6,11,13,15,17H,7-10,16H2,1-2H3. The molecule has 0 amide bonds. The summed E-state index contributed by atoms with van der Waals surface area (Å²) in [7, 11) is 0. The molecule has 1 aliphatic rings. The second kappa shape index (κ2) is 5.65. The van der Waals surface area contributed by atoms with Gasteiger partial charge < -0.3 is 11.1 Å². The quantitative estimate of drug-likeness (QED) is 0.819. The lowest BCUT2D eigenvalue weighted by Crippen LogP contribution is -2.41. The maximum atomic E-state index is 5.77. The van der Waals surface area contributed by atoms with Crippen LogP contribution in [0.1, 0.15) is 43.7 Å². The summed E-state index contributed by atoms with van der Waals surface area (Å²) in [4.78, 5) is 0. The number of benzene rings is 1. The summed E-state index contributed by atoms with van der Waals surface area (Å²) >= 11 is 0. The topological polar surface area (TPSA) is 38.0 Å². The largest absolute Gasteiger partial charge is 0.328 e. The van der Waals surface area contributed by atoms with E-state index in [0.29, 0.717) is 12.0 Å². The molecule has 0 atom stereocenters. The molecule has 0 unspecified atom stereocenters. The van der Waals surface area contributed by atoms with Crippen molar-refractivity contribution in [2.75, 3.05) is 6.54 Å². The zero-order valence-electron chi connectivity index (χ0n) is 10.9. The molecule has 0 bridgehead atoms. The maximum absolute atomic E-state index is 5.77. The Kier molecular flexibility index (Phi) is 4.19. The maximum Gasteiger partial charge on any atom is 0.0205 e. The van der Waals surface area contributed by atoms with Crippen LogP contribution in [0.5, 0.6) is 0 Å². The minimum absolute atomic E-state index is 0.465. The van der Waals surface area contributed by atoms with Crippen LogP contribution in [-0.4, -0.2) is 12.6 Å². The van der Waals surface area contributed by atoms with Crippen molar-refractivity contribution in [1.82, 2.24) is 5.32 Å². The molecule has 0 saturated heterocycles. The van der Waals surface area contributed by atoms with Crippen LogP contribution < -0.4 is 11.1 Å². The van der Waals surface area contributed by atoms with E-state index in [0.717, 1.165) is 19.0 Å². The Bertz CT molecular complexity index is 336. The average Bonchev–Trinajstić information content (AvgIpc) is 2.27. The first-order chi connectivity index (χ1) is 8.15. The van der Waals surface area contributed by atoms with Gasteiger partial charge in [0, 0.05) is 12.6 Å².